The lowest BCUT2D eigenvalue weighted by atomic mass is 10.6. The predicted molar refractivity (Wildman–Crippen MR) is 33.0 cm³/mol. The van der Waals surface area contributed by atoms with E-state index in [9.17, 15) is 0 Å². The van der Waals surface area contributed by atoms with E-state index in [0.717, 1.165) is 0 Å². The SMILES string of the molecule is COC(O)Cn1cnnc1. The molecule has 0 aliphatic rings. The summed E-state index contributed by atoms with van der Waals surface area (Å²) >= 11 is 0. The molecule has 1 atom stereocenters. The number of hydrogen-bond acceptors (Lipinski definition) is 4. The first kappa shape index (κ1) is 7.17. The van der Waals surface area contributed by atoms with E-state index >= 15 is 0 Å². The van der Waals surface area contributed by atoms with Crippen LogP contribution in [0.15, 0.2) is 12.7 Å². The summed E-state index contributed by atoms with van der Waals surface area (Å²) in [6.07, 6.45) is 2.25. The highest BCUT2D eigenvalue weighted by molar-refractivity contribution is 4.60. The number of ether oxygens (including phenoxy) is 1. The molecule has 0 aliphatic heterocycles. The van der Waals surface area contributed by atoms with Gasteiger partial charge in [-0.15, -0.1) is 10.2 Å². The van der Waals surface area contributed by atoms with Gasteiger partial charge in [-0.2, -0.15) is 0 Å². The maximum atomic E-state index is 8.93. The Morgan fingerprint density at radius 3 is 2.70 bits per heavy atom. The summed E-state index contributed by atoms with van der Waals surface area (Å²) in [7, 11) is 1.44. The first-order valence-corrected chi connectivity index (χ1v) is 2.86. The lowest BCUT2D eigenvalue weighted by Gasteiger charge is -2.06. The first-order chi connectivity index (χ1) is 4.83. The monoisotopic (exact) mass is 143 g/mol. The van der Waals surface area contributed by atoms with Crippen LogP contribution in [-0.2, 0) is 11.3 Å². The van der Waals surface area contributed by atoms with Crippen molar-refractivity contribution < 1.29 is 9.84 Å². The van der Waals surface area contributed by atoms with Gasteiger partial charge in [0.05, 0.1) is 6.54 Å². The number of hydrogen-bond donors (Lipinski definition) is 1. The van der Waals surface area contributed by atoms with Crippen molar-refractivity contribution in [2.75, 3.05) is 7.11 Å². The molecular weight excluding hydrogens is 134 g/mol. The van der Waals surface area contributed by atoms with E-state index in [1.165, 1.54) is 19.8 Å². The van der Waals surface area contributed by atoms with E-state index in [4.69, 9.17) is 5.11 Å². The molecule has 1 N–H and O–H groups in total. The van der Waals surface area contributed by atoms with Gasteiger partial charge in [0.25, 0.3) is 0 Å². The molecule has 56 valence electrons. The zero-order chi connectivity index (χ0) is 7.40. The summed E-state index contributed by atoms with van der Waals surface area (Å²) in [5.41, 5.74) is 0. The third kappa shape index (κ3) is 1.78. The molecule has 10 heavy (non-hydrogen) atoms. The summed E-state index contributed by atoms with van der Waals surface area (Å²) < 4.78 is 6.24. The molecular formula is C5H9N3O2. The Kier molecular flexibility index (Phi) is 2.35. The second-order valence-corrected chi connectivity index (χ2v) is 1.85. The van der Waals surface area contributed by atoms with E-state index < -0.39 is 6.29 Å². The maximum absolute atomic E-state index is 8.93. The Hall–Kier alpha value is -0.940. The molecule has 1 aromatic heterocycles. The number of aliphatic hydroxyl groups is 1. The van der Waals surface area contributed by atoms with Gasteiger partial charge < -0.3 is 14.4 Å². The predicted octanol–water partition coefficient (Wildman–Crippen LogP) is -0.757. The summed E-state index contributed by atoms with van der Waals surface area (Å²) in [5.74, 6) is 0. The van der Waals surface area contributed by atoms with Crippen molar-refractivity contribution in [2.45, 2.75) is 12.8 Å². The lowest BCUT2D eigenvalue weighted by molar-refractivity contribution is -0.0835. The highest BCUT2D eigenvalue weighted by atomic mass is 16.6. The molecule has 0 saturated heterocycles. The minimum Gasteiger partial charge on any atom is -0.366 e. The second-order valence-electron chi connectivity index (χ2n) is 1.85. The van der Waals surface area contributed by atoms with Crippen LogP contribution in [0.5, 0.6) is 0 Å². The van der Waals surface area contributed by atoms with Gasteiger partial charge in [0.1, 0.15) is 12.7 Å². The van der Waals surface area contributed by atoms with Crippen molar-refractivity contribution >= 4 is 0 Å². The van der Waals surface area contributed by atoms with Gasteiger partial charge in [-0.3, -0.25) is 0 Å². The Morgan fingerprint density at radius 1 is 1.60 bits per heavy atom. The van der Waals surface area contributed by atoms with E-state index in [0.29, 0.717) is 6.54 Å². The van der Waals surface area contributed by atoms with E-state index in [1.54, 1.807) is 4.57 Å². The van der Waals surface area contributed by atoms with E-state index in [1.807, 2.05) is 0 Å². The van der Waals surface area contributed by atoms with Gasteiger partial charge in [-0.05, 0) is 0 Å². The van der Waals surface area contributed by atoms with Gasteiger partial charge >= 0.3 is 0 Å². The highest BCUT2D eigenvalue weighted by Gasteiger charge is 2.00. The molecule has 0 saturated carbocycles. The van der Waals surface area contributed by atoms with Crippen molar-refractivity contribution in [1.29, 1.82) is 0 Å². The van der Waals surface area contributed by atoms with Crippen molar-refractivity contribution in [3.8, 4) is 0 Å². The Balaban J connectivity index is 2.40. The zero-order valence-corrected chi connectivity index (χ0v) is 5.64. The molecule has 0 aliphatic carbocycles. The third-order valence-corrected chi connectivity index (χ3v) is 1.11. The molecule has 0 aromatic carbocycles. The van der Waals surface area contributed by atoms with Crippen LogP contribution < -0.4 is 0 Å². The van der Waals surface area contributed by atoms with Crippen molar-refractivity contribution in [3.63, 3.8) is 0 Å². The van der Waals surface area contributed by atoms with Crippen molar-refractivity contribution in [1.82, 2.24) is 14.8 Å². The topological polar surface area (TPSA) is 60.2 Å². The normalized spacial score (nSPS) is 13.4. The summed E-state index contributed by atoms with van der Waals surface area (Å²) in [4.78, 5) is 0. The van der Waals surface area contributed by atoms with Crippen LogP contribution in [-0.4, -0.2) is 33.3 Å². The molecule has 0 fully saturated rings. The number of aromatic nitrogens is 3. The Labute approximate surface area is 58.3 Å². The fourth-order valence-electron chi connectivity index (χ4n) is 0.571. The van der Waals surface area contributed by atoms with Gasteiger partial charge in [0.2, 0.25) is 0 Å². The van der Waals surface area contributed by atoms with Gasteiger partial charge in [-0.25, -0.2) is 0 Å². The third-order valence-electron chi connectivity index (χ3n) is 1.11. The van der Waals surface area contributed by atoms with Crippen molar-refractivity contribution in [3.05, 3.63) is 12.7 Å². The molecule has 5 heteroatoms. The van der Waals surface area contributed by atoms with Crippen LogP contribution in [0, 0.1) is 0 Å². The molecule has 1 heterocycles. The minimum atomic E-state index is -0.781. The van der Waals surface area contributed by atoms with Crippen LogP contribution in [0.2, 0.25) is 0 Å². The van der Waals surface area contributed by atoms with Crippen LogP contribution in [0.3, 0.4) is 0 Å². The lowest BCUT2D eigenvalue weighted by Crippen LogP contribution is -2.16. The standard InChI is InChI=1S/C5H9N3O2/c1-10-5(9)2-8-3-6-7-4-8/h3-5,9H,2H2,1H3. The van der Waals surface area contributed by atoms with Crippen LogP contribution in [0.25, 0.3) is 0 Å². The minimum absolute atomic E-state index is 0.365. The molecule has 0 bridgehead atoms. The summed E-state index contributed by atoms with van der Waals surface area (Å²) in [6, 6.07) is 0. The number of aliphatic hydroxyl groups excluding tert-OH is 1. The molecule has 1 rings (SSSR count). The highest BCUT2D eigenvalue weighted by Crippen LogP contribution is 1.89. The molecule has 0 amide bonds. The smallest absolute Gasteiger partial charge is 0.172 e. The van der Waals surface area contributed by atoms with E-state index in [-0.39, 0.29) is 0 Å². The largest absolute Gasteiger partial charge is 0.366 e. The molecule has 1 aromatic rings. The van der Waals surface area contributed by atoms with Crippen LogP contribution in [0.1, 0.15) is 0 Å². The quantitative estimate of drug-likeness (QED) is 0.565. The Morgan fingerprint density at radius 2 is 2.20 bits per heavy atom. The number of methoxy groups -OCH3 is 1. The van der Waals surface area contributed by atoms with Gasteiger partial charge in [0.15, 0.2) is 6.29 Å². The average molecular weight is 143 g/mol. The molecule has 0 spiro atoms. The number of rotatable bonds is 3. The van der Waals surface area contributed by atoms with E-state index in [2.05, 4.69) is 14.9 Å². The Bertz CT molecular complexity index is 175. The average Bonchev–Trinajstić information content (AvgIpc) is 2.40. The molecule has 5 nitrogen and oxygen atoms in total. The van der Waals surface area contributed by atoms with Gasteiger partial charge in [-0.1, -0.05) is 0 Å². The molecule has 0 radical (unpaired) electrons. The van der Waals surface area contributed by atoms with Gasteiger partial charge in [0, 0.05) is 7.11 Å². The summed E-state index contributed by atoms with van der Waals surface area (Å²) in [6.45, 7) is 0.365. The van der Waals surface area contributed by atoms with Crippen molar-refractivity contribution in [2.24, 2.45) is 0 Å². The fraction of sp³-hybridized carbons (Fsp3) is 0.600. The maximum Gasteiger partial charge on any atom is 0.172 e. The number of nitrogens with zero attached hydrogens (tertiary/aromatic N) is 3. The summed E-state index contributed by atoms with van der Waals surface area (Å²) in [5, 5.41) is 16.0. The first-order valence-electron chi connectivity index (χ1n) is 2.86. The second kappa shape index (κ2) is 3.28. The fourth-order valence-corrected chi connectivity index (χ4v) is 0.571. The zero-order valence-electron chi connectivity index (χ0n) is 5.64. The van der Waals surface area contributed by atoms with Crippen LogP contribution in [0.4, 0.5) is 0 Å². The van der Waals surface area contributed by atoms with Crippen LogP contribution >= 0.6 is 0 Å². The molecule has 1 unspecified atom stereocenters.